The Morgan fingerprint density at radius 3 is 2.38 bits per heavy atom. The molecular formula is C21H25N3O6S2. The number of methoxy groups -OCH3 is 2. The van der Waals surface area contributed by atoms with Gasteiger partial charge in [0, 0.05) is 26.2 Å². The lowest BCUT2D eigenvalue weighted by molar-refractivity contribution is -0.136. The molecule has 0 bridgehead atoms. The van der Waals surface area contributed by atoms with Gasteiger partial charge in [-0.15, -0.1) is 0 Å². The highest BCUT2D eigenvalue weighted by Gasteiger charge is 2.35. The van der Waals surface area contributed by atoms with E-state index in [0.29, 0.717) is 53.5 Å². The lowest BCUT2D eigenvalue weighted by Gasteiger charge is -2.34. The minimum Gasteiger partial charge on any atom is -0.493 e. The van der Waals surface area contributed by atoms with E-state index in [-0.39, 0.29) is 24.5 Å². The topological polar surface area (TPSA) is 88.6 Å². The van der Waals surface area contributed by atoms with Crippen molar-refractivity contribution >= 4 is 52.3 Å². The SMILES string of the molecule is CCOC(=O)N1CCN(C(=O)CN2C(=O)/C(=C/c3ccc(OC)c(OC)c3)SC2=S)CC1. The summed E-state index contributed by atoms with van der Waals surface area (Å²) in [5.74, 6) is 0.616. The Bertz CT molecular complexity index is 943. The van der Waals surface area contributed by atoms with Crippen molar-refractivity contribution in [2.75, 3.05) is 53.6 Å². The van der Waals surface area contributed by atoms with Crippen molar-refractivity contribution in [3.8, 4) is 11.5 Å². The highest BCUT2D eigenvalue weighted by molar-refractivity contribution is 8.26. The molecular weight excluding hydrogens is 454 g/mol. The van der Waals surface area contributed by atoms with Crippen molar-refractivity contribution in [1.29, 1.82) is 0 Å². The first-order valence-corrected chi connectivity index (χ1v) is 11.3. The van der Waals surface area contributed by atoms with Crippen LogP contribution in [0.25, 0.3) is 6.08 Å². The predicted molar refractivity (Wildman–Crippen MR) is 125 cm³/mol. The highest BCUT2D eigenvalue weighted by Crippen LogP contribution is 2.34. The molecule has 3 amide bonds. The summed E-state index contributed by atoms with van der Waals surface area (Å²) >= 11 is 6.50. The van der Waals surface area contributed by atoms with Gasteiger partial charge in [-0.1, -0.05) is 30.0 Å². The summed E-state index contributed by atoms with van der Waals surface area (Å²) in [7, 11) is 3.09. The zero-order chi connectivity index (χ0) is 23.3. The van der Waals surface area contributed by atoms with E-state index in [9.17, 15) is 14.4 Å². The van der Waals surface area contributed by atoms with Crippen LogP contribution in [0.1, 0.15) is 12.5 Å². The summed E-state index contributed by atoms with van der Waals surface area (Å²) in [5.41, 5.74) is 0.754. The minimum atomic E-state index is -0.378. The van der Waals surface area contributed by atoms with Crippen LogP contribution in [0.4, 0.5) is 4.79 Å². The van der Waals surface area contributed by atoms with Gasteiger partial charge < -0.3 is 24.0 Å². The lowest BCUT2D eigenvalue weighted by atomic mass is 10.2. The first-order chi connectivity index (χ1) is 15.4. The number of benzene rings is 1. The van der Waals surface area contributed by atoms with Crippen molar-refractivity contribution in [3.63, 3.8) is 0 Å². The first-order valence-electron chi connectivity index (χ1n) is 10.0. The smallest absolute Gasteiger partial charge is 0.409 e. The zero-order valence-electron chi connectivity index (χ0n) is 18.2. The summed E-state index contributed by atoms with van der Waals surface area (Å²) in [6.45, 7) is 3.47. The van der Waals surface area contributed by atoms with Gasteiger partial charge in [0.15, 0.2) is 11.5 Å². The van der Waals surface area contributed by atoms with E-state index >= 15 is 0 Å². The van der Waals surface area contributed by atoms with E-state index in [2.05, 4.69) is 0 Å². The number of ether oxygens (including phenoxy) is 3. The maximum absolute atomic E-state index is 12.9. The summed E-state index contributed by atoms with van der Waals surface area (Å²) in [4.78, 5) is 42.4. The molecule has 0 N–H and O–H groups in total. The third-order valence-corrected chi connectivity index (χ3v) is 6.41. The summed E-state index contributed by atoms with van der Waals surface area (Å²) in [6, 6.07) is 5.33. The zero-order valence-corrected chi connectivity index (χ0v) is 19.8. The molecule has 2 fully saturated rings. The van der Waals surface area contributed by atoms with Gasteiger partial charge >= 0.3 is 6.09 Å². The fourth-order valence-electron chi connectivity index (χ4n) is 3.32. The van der Waals surface area contributed by atoms with Gasteiger partial charge in [0.1, 0.15) is 10.9 Å². The van der Waals surface area contributed by atoms with Gasteiger partial charge in [-0.05, 0) is 30.7 Å². The molecule has 0 aliphatic carbocycles. The largest absolute Gasteiger partial charge is 0.493 e. The van der Waals surface area contributed by atoms with Crippen LogP contribution < -0.4 is 9.47 Å². The normalized spacial score (nSPS) is 17.7. The van der Waals surface area contributed by atoms with Crippen molar-refractivity contribution in [1.82, 2.24) is 14.7 Å². The van der Waals surface area contributed by atoms with Crippen LogP contribution in [0.5, 0.6) is 11.5 Å². The molecule has 2 aliphatic heterocycles. The number of piperazine rings is 1. The Hall–Kier alpha value is -2.79. The Balaban J connectivity index is 1.62. The molecule has 2 heterocycles. The van der Waals surface area contributed by atoms with E-state index in [1.54, 1.807) is 49.2 Å². The van der Waals surface area contributed by atoms with E-state index in [0.717, 1.165) is 17.3 Å². The summed E-state index contributed by atoms with van der Waals surface area (Å²) < 4.78 is 15.9. The van der Waals surface area contributed by atoms with Gasteiger partial charge in [-0.3, -0.25) is 14.5 Å². The van der Waals surface area contributed by atoms with E-state index < -0.39 is 0 Å². The van der Waals surface area contributed by atoms with Crippen molar-refractivity contribution in [3.05, 3.63) is 28.7 Å². The van der Waals surface area contributed by atoms with Gasteiger partial charge in [0.25, 0.3) is 5.91 Å². The first kappa shape index (κ1) is 23.9. The van der Waals surface area contributed by atoms with Gasteiger partial charge in [-0.25, -0.2) is 4.79 Å². The average molecular weight is 480 g/mol. The van der Waals surface area contributed by atoms with Crippen LogP contribution in [-0.2, 0) is 14.3 Å². The van der Waals surface area contributed by atoms with Crippen molar-refractivity contribution in [2.45, 2.75) is 6.92 Å². The fourth-order valence-corrected chi connectivity index (χ4v) is 4.57. The second-order valence-corrected chi connectivity index (χ2v) is 8.62. The van der Waals surface area contributed by atoms with Crippen molar-refractivity contribution < 1.29 is 28.6 Å². The van der Waals surface area contributed by atoms with E-state index in [1.165, 1.54) is 4.90 Å². The molecule has 172 valence electrons. The van der Waals surface area contributed by atoms with Crippen LogP contribution in [-0.4, -0.2) is 90.5 Å². The Kier molecular flexibility index (Phi) is 7.97. The molecule has 1 aromatic rings. The molecule has 9 nitrogen and oxygen atoms in total. The molecule has 0 spiro atoms. The van der Waals surface area contributed by atoms with E-state index in [1.807, 2.05) is 6.07 Å². The second-order valence-electron chi connectivity index (χ2n) is 6.95. The molecule has 11 heteroatoms. The Labute approximate surface area is 196 Å². The molecule has 1 aromatic carbocycles. The van der Waals surface area contributed by atoms with Gasteiger partial charge in [-0.2, -0.15) is 0 Å². The molecule has 0 saturated carbocycles. The third kappa shape index (κ3) is 5.33. The molecule has 0 atom stereocenters. The predicted octanol–water partition coefficient (Wildman–Crippen LogP) is 2.21. The number of thiocarbonyl (C=S) groups is 1. The van der Waals surface area contributed by atoms with Gasteiger partial charge in [0.2, 0.25) is 5.91 Å². The fraction of sp³-hybridized carbons (Fsp3) is 0.429. The highest BCUT2D eigenvalue weighted by atomic mass is 32.2. The molecule has 2 saturated heterocycles. The molecule has 3 rings (SSSR count). The van der Waals surface area contributed by atoms with E-state index in [4.69, 9.17) is 26.4 Å². The average Bonchev–Trinajstić information content (AvgIpc) is 3.06. The maximum Gasteiger partial charge on any atom is 0.409 e. The van der Waals surface area contributed by atoms with Crippen LogP contribution in [0, 0.1) is 0 Å². The molecule has 0 unspecified atom stereocenters. The number of hydrogen-bond donors (Lipinski definition) is 0. The minimum absolute atomic E-state index is 0.132. The van der Waals surface area contributed by atoms with Crippen molar-refractivity contribution in [2.24, 2.45) is 0 Å². The number of carbonyl (C=O) groups excluding carboxylic acids is 3. The quantitative estimate of drug-likeness (QED) is 0.453. The number of rotatable bonds is 6. The standard InChI is InChI=1S/C21H25N3O6S2/c1-4-30-20(27)23-9-7-22(8-10-23)18(25)13-24-19(26)17(32-21(24)31)12-14-5-6-15(28-2)16(11-14)29-3/h5-6,11-12H,4,7-10,13H2,1-3H3/b17-12-. The second kappa shape index (κ2) is 10.7. The summed E-state index contributed by atoms with van der Waals surface area (Å²) in [5, 5.41) is 0. The monoisotopic (exact) mass is 479 g/mol. The van der Waals surface area contributed by atoms with Gasteiger partial charge in [0.05, 0.1) is 25.7 Å². The Morgan fingerprint density at radius 1 is 1.09 bits per heavy atom. The molecule has 0 aromatic heterocycles. The summed E-state index contributed by atoms with van der Waals surface area (Å²) in [6.07, 6.45) is 1.33. The number of hydrogen-bond acceptors (Lipinski definition) is 8. The van der Waals surface area contributed by atoms with Crippen LogP contribution >= 0.6 is 24.0 Å². The van der Waals surface area contributed by atoms with Crippen LogP contribution in [0.15, 0.2) is 23.1 Å². The van der Waals surface area contributed by atoms with Crippen LogP contribution in [0.2, 0.25) is 0 Å². The molecule has 0 radical (unpaired) electrons. The van der Waals surface area contributed by atoms with Crippen LogP contribution in [0.3, 0.4) is 0 Å². The third-order valence-electron chi connectivity index (χ3n) is 5.03. The Morgan fingerprint density at radius 2 is 1.75 bits per heavy atom. The lowest BCUT2D eigenvalue weighted by Crippen LogP contribution is -2.53. The number of thioether (sulfide) groups is 1. The number of nitrogens with zero attached hydrogens (tertiary/aromatic N) is 3. The molecule has 2 aliphatic rings. The molecule has 32 heavy (non-hydrogen) atoms. The maximum atomic E-state index is 12.9. The number of carbonyl (C=O) groups is 3. The number of amides is 3.